The number of rotatable bonds is 4. The Morgan fingerprint density at radius 3 is 2.81 bits per heavy atom. The lowest BCUT2D eigenvalue weighted by Crippen LogP contribution is -2.54. The fraction of sp³-hybridized carbons (Fsp3) is 0.909. The van der Waals surface area contributed by atoms with Gasteiger partial charge in [-0.25, -0.2) is 0 Å². The average Bonchev–Trinajstić information content (AvgIpc) is 2.28. The van der Waals surface area contributed by atoms with E-state index in [4.69, 9.17) is 11.6 Å². The largest absolute Gasteiger partial charge is 0.354 e. The van der Waals surface area contributed by atoms with Gasteiger partial charge < -0.3 is 10.2 Å². The van der Waals surface area contributed by atoms with E-state index < -0.39 is 0 Å². The number of nitrogens with one attached hydrogen (secondary N) is 1. The summed E-state index contributed by atoms with van der Waals surface area (Å²) in [7, 11) is 4.22. The highest BCUT2D eigenvalue weighted by molar-refractivity contribution is 6.19. The zero-order valence-corrected chi connectivity index (χ0v) is 11.1. The number of carbonyl (C=O) groups is 1. The van der Waals surface area contributed by atoms with Crippen molar-refractivity contribution in [2.24, 2.45) is 5.92 Å². The molecule has 1 rings (SSSR count). The lowest BCUT2D eigenvalue weighted by Gasteiger charge is -2.37. The number of hydrogen-bond donors (Lipinski definition) is 1. The maximum Gasteiger partial charge on any atom is 0.224 e. The second kappa shape index (κ2) is 6.42. The Kier molecular flexibility index (Phi) is 5.52. The molecule has 0 bridgehead atoms. The van der Waals surface area contributed by atoms with Crippen molar-refractivity contribution in [2.45, 2.75) is 13.0 Å². The van der Waals surface area contributed by atoms with E-state index >= 15 is 0 Å². The highest BCUT2D eigenvalue weighted by atomic mass is 35.5. The SMILES string of the molecule is CC(CCl)C(=O)NCC1CN(C)CCN1C. The summed E-state index contributed by atoms with van der Waals surface area (Å²) in [6.45, 7) is 5.72. The van der Waals surface area contributed by atoms with Crippen LogP contribution in [0.4, 0.5) is 0 Å². The number of piperazine rings is 1. The third-order valence-corrected chi connectivity index (χ3v) is 3.63. The van der Waals surface area contributed by atoms with Crippen molar-refractivity contribution in [3.8, 4) is 0 Å². The van der Waals surface area contributed by atoms with E-state index in [1.54, 1.807) is 0 Å². The van der Waals surface area contributed by atoms with Gasteiger partial charge in [-0.3, -0.25) is 9.69 Å². The molecule has 0 radical (unpaired) electrons. The van der Waals surface area contributed by atoms with Gasteiger partial charge in [0.1, 0.15) is 0 Å². The van der Waals surface area contributed by atoms with Crippen LogP contribution < -0.4 is 5.32 Å². The van der Waals surface area contributed by atoms with Crippen LogP contribution in [-0.2, 0) is 4.79 Å². The zero-order chi connectivity index (χ0) is 12.1. The molecule has 0 aromatic rings. The number of amides is 1. The van der Waals surface area contributed by atoms with Crippen LogP contribution in [0.2, 0.25) is 0 Å². The topological polar surface area (TPSA) is 35.6 Å². The molecule has 0 aromatic carbocycles. The number of alkyl halides is 1. The van der Waals surface area contributed by atoms with Crippen LogP contribution >= 0.6 is 11.6 Å². The van der Waals surface area contributed by atoms with Gasteiger partial charge in [0, 0.05) is 44.0 Å². The molecule has 16 heavy (non-hydrogen) atoms. The van der Waals surface area contributed by atoms with E-state index in [0.29, 0.717) is 18.5 Å². The predicted molar refractivity (Wildman–Crippen MR) is 66.8 cm³/mol. The van der Waals surface area contributed by atoms with Gasteiger partial charge in [0.05, 0.1) is 0 Å². The summed E-state index contributed by atoms with van der Waals surface area (Å²) in [5, 5.41) is 2.96. The molecule has 1 amide bonds. The van der Waals surface area contributed by atoms with Gasteiger partial charge in [-0.05, 0) is 14.1 Å². The number of halogens is 1. The van der Waals surface area contributed by atoms with Crippen molar-refractivity contribution >= 4 is 17.5 Å². The molecule has 1 aliphatic rings. The van der Waals surface area contributed by atoms with E-state index in [2.05, 4.69) is 29.2 Å². The summed E-state index contributed by atoms with van der Waals surface area (Å²) in [5.41, 5.74) is 0. The van der Waals surface area contributed by atoms with E-state index in [9.17, 15) is 4.79 Å². The minimum atomic E-state index is -0.103. The quantitative estimate of drug-likeness (QED) is 0.723. The van der Waals surface area contributed by atoms with Crippen molar-refractivity contribution in [3.63, 3.8) is 0 Å². The summed E-state index contributed by atoms with van der Waals surface area (Å²) in [6.07, 6.45) is 0. The maximum atomic E-state index is 11.6. The van der Waals surface area contributed by atoms with Crippen LogP contribution in [0, 0.1) is 5.92 Å². The Bertz CT molecular complexity index is 237. The fourth-order valence-corrected chi connectivity index (χ4v) is 1.92. The fourth-order valence-electron chi connectivity index (χ4n) is 1.78. The van der Waals surface area contributed by atoms with Crippen LogP contribution in [0.3, 0.4) is 0 Å². The molecule has 0 saturated carbocycles. The molecule has 0 aliphatic carbocycles. The van der Waals surface area contributed by atoms with Crippen LogP contribution in [0.5, 0.6) is 0 Å². The first kappa shape index (κ1) is 13.7. The van der Waals surface area contributed by atoms with Crippen LogP contribution in [-0.4, -0.2) is 67.9 Å². The molecule has 1 saturated heterocycles. The summed E-state index contributed by atoms with van der Waals surface area (Å²) in [4.78, 5) is 16.2. The Morgan fingerprint density at radius 1 is 1.50 bits per heavy atom. The summed E-state index contributed by atoms with van der Waals surface area (Å²) in [5.74, 6) is 0.330. The molecule has 1 aliphatic heterocycles. The standard InChI is InChI=1S/C11H22ClN3O/c1-9(6-12)11(16)13-7-10-8-14(2)4-5-15(10)3/h9-10H,4-8H2,1-3H3,(H,13,16). The van der Waals surface area contributed by atoms with Crippen molar-refractivity contribution in [1.82, 2.24) is 15.1 Å². The lowest BCUT2D eigenvalue weighted by molar-refractivity contribution is -0.124. The molecule has 0 aromatic heterocycles. The highest BCUT2D eigenvalue weighted by Crippen LogP contribution is 2.05. The van der Waals surface area contributed by atoms with Crippen molar-refractivity contribution in [1.29, 1.82) is 0 Å². The zero-order valence-electron chi connectivity index (χ0n) is 10.4. The van der Waals surface area contributed by atoms with Gasteiger partial charge in [-0.15, -0.1) is 11.6 Å². The van der Waals surface area contributed by atoms with Gasteiger partial charge in [-0.2, -0.15) is 0 Å². The predicted octanol–water partition coefficient (Wildman–Crippen LogP) is 0.223. The molecular weight excluding hydrogens is 226 g/mol. The van der Waals surface area contributed by atoms with Gasteiger partial charge in [0.2, 0.25) is 5.91 Å². The van der Waals surface area contributed by atoms with Gasteiger partial charge in [0.15, 0.2) is 0 Å². The third-order valence-electron chi connectivity index (χ3n) is 3.17. The second-order valence-corrected chi connectivity index (χ2v) is 5.01. The van der Waals surface area contributed by atoms with Crippen molar-refractivity contribution in [2.75, 3.05) is 46.2 Å². The third kappa shape index (κ3) is 3.92. The summed E-state index contributed by atoms with van der Waals surface area (Å²) >= 11 is 5.64. The molecule has 5 heteroatoms. The smallest absolute Gasteiger partial charge is 0.224 e. The van der Waals surface area contributed by atoms with Gasteiger partial charge in [-0.1, -0.05) is 6.92 Å². The van der Waals surface area contributed by atoms with Gasteiger partial charge >= 0.3 is 0 Å². The minimum absolute atomic E-state index is 0.0524. The summed E-state index contributed by atoms with van der Waals surface area (Å²) in [6, 6.07) is 0.408. The molecule has 1 N–H and O–H groups in total. The second-order valence-electron chi connectivity index (χ2n) is 4.70. The number of nitrogens with zero attached hydrogens (tertiary/aromatic N) is 2. The first-order chi connectivity index (χ1) is 7.54. The molecular formula is C11H22ClN3O. The van der Waals surface area contributed by atoms with Gasteiger partial charge in [0.25, 0.3) is 0 Å². The monoisotopic (exact) mass is 247 g/mol. The van der Waals surface area contributed by atoms with E-state index in [1.807, 2.05) is 6.92 Å². The number of likely N-dealkylation sites (N-methyl/N-ethyl adjacent to an activating group) is 2. The summed E-state index contributed by atoms with van der Waals surface area (Å²) < 4.78 is 0. The molecule has 2 atom stereocenters. The number of hydrogen-bond acceptors (Lipinski definition) is 3. The van der Waals surface area contributed by atoms with Crippen LogP contribution in [0.25, 0.3) is 0 Å². The van der Waals surface area contributed by atoms with Crippen molar-refractivity contribution in [3.05, 3.63) is 0 Å². The molecule has 4 nitrogen and oxygen atoms in total. The lowest BCUT2D eigenvalue weighted by atomic mass is 10.1. The van der Waals surface area contributed by atoms with Crippen molar-refractivity contribution < 1.29 is 4.79 Å². The first-order valence-electron chi connectivity index (χ1n) is 5.77. The minimum Gasteiger partial charge on any atom is -0.354 e. The van der Waals surface area contributed by atoms with E-state index in [1.165, 1.54) is 0 Å². The first-order valence-corrected chi connectivity index (χ1v) is 6.30. The average molecular weight is 248 g/mol. The Labute approximate surface area is 103 Å². The van der Waals surface area contributed by atoms with E-state index in [-0.39, 0.29) is 11.8 Å². The Hall–Kier alpha value is -0.320. The molecule has 0 spiro atoms. The van der Waals surface area contributed by atoms with Crippen LogP contribution in [0.15, 0.2) is 0 Å². The molecule has 1 fully saturated rings. The molecule has 1 heterocycles. The van der Waals surface area contributed by atoms with Crippen LogP contribution in [0.1, 0.15) is 6.92 Å². The Balaban J connectivity index is 2.33. The normalized spacial score (nSPS) is 25.4. The molecule has 94 valence electrons. The number of carbonyl (C=O) groups excluding carboxylic acids is 1. The Morgan fingerprint density at radius 2 is 2.19 bits per heavy atom. The van der Waals surface area contributed by atoms with E-state index in [0.717, 1.165) is 19.6 Å². The molecule has 2 unspecified atom stereocenters. The maximum absolute atomic E-state index is 11.6. The highest BCUT2D eigenvalue weighted by Gasteiger charge is 2.23.